The number of carbonyl (C=O) groups is 1. The van der Waals surface area contributed by atoms with Crippen LogP contribution >= 0.6 is 0 Å². The van der Waals surface area contributed by atoms with Crippen molar-refractivity contribution in [2.75, 3.05) is 7.11 Å². The number of methoxy groups -OCH3 is 1. The van der Waals surface area contributed by atoms with Gasteiger partial charge in [-0.25, -0.2) is 0 Å². The Bertz CT molecular complexity index is 731. The predicted octanol–water partition coefficient (Wildman–Crippen LogP) is 3.29. The highest BCUT2D eigenvalue weighted by atomic mass is 16.5. The van der Waals surface area contributed by atoms with E-state index in [2.05, 4.69) is 6.07 Å². The molecule has 2 aromatic carbocycles. The molecule has 0 saturated carbocycles. The minimum absolute atomic E-state index is 0.310. The lowest BCUT2D eigenvalue weighted by Crippen LogP contribution is -2.15. The van der Waals surface area contributed by atoms with Crippen molar-refractivity contribution >= 4 is 5.97 Å². The number of aliphatic carboxylic acids is 1. The highest BCUT2D eigenvalue weighted by Gasteiger charge is 2.24. The number of aryl methyl sites for hydroxylation is 1. The van der Waals surface area contributed by atoms with Gasteiger partial charge in [-0.3, -0.25) is 4.79 Å². The molecule has 4 nitrogen and oxygen atoms in total. The standard InChI is InChI=1S/C18H17NO3/c1-12-6-7-17(22-2)15(8-12)16(18(20)21)10-13-4-3-5-14(9-13)11-19/h3-9,16H,10H2,1-2H3,(H,20,21). The fraction of sp³-hybridized carbons (Fsp3) is 0.222. The van der Waals surface area contributed by atoms with Crippen molar-refractivity contribution < 1.29 is 14.6 Å². The zero-order chi connectivity index (χ0) is 16.1. The van der Waals surface area contributed by atoms with Gasteiger partial charge in [-0.15, -0.1) is 0 Å². The van der Waals surface area contributed by atoms with Gasteiger partial charge >= 0.3 is 5.97 Å². The van der Waals surface area contributed by atoms with Crippen molar-refractivity contribution in [3.63, 3.8) is 0 Å². The van der Waals surface area contributed by atoms with E-state index in [1.54, 1.807) is 24.3 Å². The van der Waals surface area contributed by atoms with Crippen molar-refractivity contribution in [2.45, 2.75) is 19.3 Å². The van der Waals surface area contributed by atoms with Gasteiger partial charge in [0, 0.05) is 5.56 Å². The van der Waals surface area contributed by atoms with Crippen LogP contribution < -0.4 is 4.74 Å². The second-order valence-electron chi connectivity index (χ2n) is 5.15. The number of rotatable bonds is 5. The van der Waals surface area contributed by atoms with Crippen molar-refractivity contribution in [1.29, 1.82) is 5.26 Å². The van der Waals surface area contributed by atoms with E-state index in [0.717, 1.165) is 11.1 Å². The third kappa shape index (κ3) is 3.44. The Morgan fingerprint density at radius 1 is 1.32 bits per heavy atom. The van der Waals surface area contributed by atoms with Crippen LogP contribution in [-0.2, 0) is 11.2 Å². The van der Waals surface area contributed by atoms with E-state index in [9.17, 15) is 9.90 Å². The topological polar surface area (TPSA) is 70.3 Å². The predicted molar refractivity (Wildman–Crippen MR) is 83.0 cm³/mol. The largest absolute Gasteiger partial charge is 0.496 e. The molecule has 1 unspecified atom stereocenters. The smallest absolute Gasteiger partial charge is 0.311 e. The van der Waals surface area contributed by atoms with Gasteiger partial charge in [0.2, 0.25) is 0 Å². The minimum Gasteiger partial charge on any atom is -0.496 e. The van der Waals surface area contributed by atoms with Crippen LogP contribution in [-0.4, -0.2) is 18.2 Å². The van der Waals surface area contributed by atoms with Gasteiger partial charge in [-0.05, 0) is 37.1 Å². The molecule has 2 aromatic rings. The van der Waals surface area contributed by atoms with Crippen LogP contribution in [0.4, 0.5) is 0 Å². The molecule has 112 valence electrons. The number of ether oxygens (including phenoxy) is 1. The number of nitrogens with zero attached hydrogens (tertiary/aromatic N) is 1. The van der Waals surface area contributed by atoms with Gasteiger partial charge in [0.1, 0.15) is 5.75 Å². The summed E-state index contributed by atoms with van der Waals surface area (Å²) in [4.78, 5) is 11.7. The summed E-state index contributed by atoms with van der Waals surface area (Å²) in [5.74, 6) is -1.07. The summed E-state index contributed by atoms with van der Waals surface area (Å²) in [5.41, 5.74) is 2.97. The van der Waals surface area contributed by atoms with Crippen molar-refractivity contribution in [2.24, 2.45) is 0 Å². The van der Waals surface area contributed by atoms with Crippen LogP contribution in [0.1, 0.15) is 28.2 Å². The summed E-state index contributed by atoms with van der Waals surface area (Å²) in [7, 11) is 1.53. The van der Waals surface area contributed by atoms with Gasteiger partial charge in [0.05, 0.1) is 24.7 Å². The maximum absolute atomic E-state index is 11.7. The molecule has 2 rings (SSSR count). The normalized spacial score (nSPS) is 11.5. The lowest BCUT2D eigenvalue weighted by molar-refractivity contribution is -0.138. The highest BCUT2D eigenvalue weighted by molar-refractivity contribution is 5.78. The molecule has 0 spiro atoms. The third-order valence-corrected chi connectivity index (χ3v) is 3.55. The number of carboxylic acids is 1. The number of hydrogen-bond donors (Lipinski definition) is 1. The fourth-order valence-electron chi connectivity index (χ4n) is 2.46. The first-order valence-electron chi connectivity index (χ1n) is 6.91. The van der Waals surface area contributed by atoms with Crippen molar-refractivity contribution in [1.82, 2.24) is 0 Å². The minimum atomic E-state index is -0.911. The third-order valence-electron chi connectivity index (χ3n) is 3.55. The summed E-state index contributed by atoms with van der Waals surface area (Å²) < 4.78 is 5.30. The second-order valence-corrected chi connectivity index (χ2v) is 5.15. The maximum atomic E-state index is 11.7. The molecule has 0 radical (unpaired) electrons. The molecule has 0 fully saturated rings. The molecule has 0 saturated heterocycles. The van der Waals surface area contributed by atoms with E-state index in [1.165, 1.54) is 7.11 Å². The number of nitriles is 1. The van der Waals surface area contributed by atoms with E-state index in [1.807, 2.05) is 25.1 Å². The quantitative estimate of drug-likeness (QED) is 0.919. The monoisotopic (exact) mass is 295 g/mol. The molecule has 0 aliphatic carbocycles. The molecule has 0 bridgehead atoms. The second kappa shape index (κ2) is 6.77. The number of benzene rings is 2. The molecule has 0 aromatic heterocycles. The van der Waals surface area contributed by atoms with Crippen LogP contribution in [0.3, 0.4) is 0 Å². The lowest BCUT2D eigenvalue weighted by Gasteiger charge is -2.17. The van der Waals surface area contributed by atoms with Gasteiger partial charge in [-0.1, -0.05) is 29.8 Å². The van der Waals surface area contributed by atoms with E-state index in [4.69, 9.17) is 10.00 Å². The molecule has 0 heterocycles. The summed E-state index contributed by atoms with van der Waals surface area (Å²) in [6.07, 6.45) is 0.310. The molecule has 4 heteroatoms. The van der Waals surface area contributed by atoms with E-state index in [-0.39, 0.29) is 0 Å². The van der Waals surface area contributed by atoms with Crippen LogP contribution in [0, 0.1) is 18.3 Å². The lowest BCUT2D eigenvalue weighted by atomic mass is 9.90. The summed E-state index contributed by atoms with van der Waals surface area (Å²) in [5, 5.41) is 18.6. The Hall–Kier alpha value is -2.80. The Kier molecular flexibility index (Phi) is 4.80. The SMILES string of the molecule is COc1ccc(C)cc1C(Cc1cccc(C#N)c1)C(=O)O. The first-order chi connectivity index (χ1) is 10.5. The van der Waals surface area contributed by atoms with Crippen molar-refractivity contribution in [3.05, 3.63) is 64.7 Å². The summed E-state index contributed by atoms with van der Waals surface area (Å²) >= 11 is 0. The van der Waals surface area contributed by atoms with Gasteiger partial charge in [0.25, 0.3) is 0 Å². The summed E-state index contributed by atoms with van der Waals surface area (Å²) in [6, 6.07) is 14.6. The number of hydrogen-bond acceptors (Lipinski definition) is 3. The molecular weight excluding hydrogens is 278 g/mol. The Morgan fingerprint density at radius 2 is 2.09 bits per heavy atom. The molecule has 1 N–H and O–H groups in total. The van der Waals surface area contributed by atoms with Gasteiger partial charge in [-0.2, -0.15) is 5.26 Å². The first-order valence-corrected chi connectivity index (χ1v) is 6.91. The molecule has 0 aliphatic heterocycles. The van der Waals surface area contributed by atoms with Crippen LogP contribution in [0.5, 0.6) is 5.75 Å². The van der Waals surface area contributed by atoms with E-state index < -0.39 is 11.9 Å². The van der Waals surface area contributed by atoms with Crippen LogP contribution in [0.25, 0.3) is 0 Å². The Labute approximate surface area is 129 Å². The van der Waals surface area contributed by atoms with Gasteiger partial charge < -0.3 is 9.84 Å². The highest BCUT2D eigenvalue weighted by Crippen LogP contribution is 2.30. The number of carboxylic acid groups (broad SMARTS) is 1. The van der Waals surface area contributed by atoms with Crippen LogP contribution in [0.15, 0.2) is 42.5 Å². The fourth-order valence-corrected chi connectivity index (χ4v) is 2.46. The average Bonchev–Trinajstić information content (AvgIpc) is 2.52. The van der Waals surface area contributed by atoms with E-state index >= 15 is 0 Å². The van der Waals surface area contributed by atoms with Gasteiger partial charge in [0.15, 0.2) is 0 Å². The Balaban J connectivity index is 2.41. The molecular formula is C18H17NO3. The summed E-state index contributed by atoms with van der Waals surface area (Å²) in [6.45, 7) is 1.91. The van der Waals surface area contributed by atoms with E-state index in [0.29, 0.717) is 23.3 Å². The Morgan fingerprint density at radius 3 is 2.73 bits per heavy atom. The zero-order valence-electron chi connectivity index (χ0n) is 12.5. The molecule has 0 aliphatic rings. The molecule has 1 atom stereocenters. The van der Waals surface area contributed by atoms with Crippen molar-refractivity contribution in [3.8, 4) is 11.8 Å². The molecule has 0 amide bonds. The maximum Gasteiger partial charge on any atom is 0.311 e. The molecule has 22 heavy (non-hydrogen) atoms. The average molecular weight is 295 g/mol. The van der Waals surface area contributed by atoms with Crippen LogP contribution in [0.2, 0.25) is 0 Å². The first kappa shape index (κ1) is 15.6. The zero-order valence-corrected chi connectivity index (χ0v) is 12.5.